The molecule has 132 valence electrons. The van der Waals surface area contributed by atoms with E-state index in [2.05, 4.69) is 5.32 Å². The van der Waals surface area contributed by atoms with Crippen molar-refractivity contribution < 1.29 is 14.3 Å². The lowest BCUT2D eigenvalue weighted by Gasteiger charge is -2.11. The summed E-state index contributed by atoms with van der Waals surface area (Å²) in [5.74, 6) is -0.380. The van der Waals surface area contributed by atoms with Crippen molar-refractivity contribution >= 4 is 11.7 Å². The number of ketones is 1. The van der Waals surface area contributed by atoms with Gasteiger partial charge in [-0.2, -0.15) is 0 Å². The second kappa shape index (κ2) is 9.14. The highest BCUT2D eigenvalue weighted by molar-refractivity contribution is 6.15. The summed E-state index contributed by atoms with van der Waals surface area (Å²) in [4.78, 5) is 25.2. The zero-order valence-electron chi connectivity index (χ0n) is 15.0. The Morgan fingerprint density at radius 2 is 1.64 bits per heavy atom. The fourth-order valence-electron chi connectivity index (χ4n) is 2.43. The van der Waals surface area contributed by atoms with E-state index in [9.17, 15) is 9.59 Å². The molecule has 0 fully saturated rings. The van der Waals surface area contributed by atoms with Crippen LogP contribution in [0.5, 0.6) is 0 Å². The molecule has 0 aliphatic heterocycles. The lowest BCUT2D eigenvalue weighted by atomic mass is 9.97. The number of nitrogens with one attached hydrogen (secondary N) is 1. The smallest absolute Gasteiger partial charge is 0.252 e. The van der Waals surface area contributed by atoms with Crippen molar-refractivity contribution in [1.82, 2.24) is 5.32 Å². The van der Waals surface area contributed by atoms with Crippen LogP contribution < -0.4 is 5.32 Å². The average Bonchev–Trinajstić information content (AvgIpc) is 2.61. The number of ether oxygens (including phenoxy) is 1. The second-order valence-corrected chi connectivity index (χ2v) is 6.27. The fourth-order valence-corrected chi connectivity index (χ4v) is 2.43. The van der Waals surface area contributed by atoms with Gasteiger partial charge in [-0.05, 0) is 33.3 Å². The van der Waals surface area contributed by atoms with E-state index in [4.69, 9.17) is 4.74 Å². The predicted octanol–water partition coefficient (Wildman–Crippen LogP) is 3.77. The first kappa shape index (κ1) is 18.9. The summed E-state index contributed by atoms with van der Waals surface area (Å²) in [6.45, 7) is 7.04. The van der Waals surface area contributed by atoms with Gasteiger partial charge in [-0.15, -0.1) is 0 Å². The quantitative estimate of drug-likeness (QED) is 0.588. The van der Waals surface area contributed by atoms with Crippen LogP contribution in [-0.4, -0.2) is 30.9 Å². The highest BCUT2D eigenvalue weighted by Crippen LogP contribution is 2.15. The van der Waals surface area contributed by atoms with Gasteiger partial charge < -0.3 is 10.1 Å². The van der Waals surface area contributed by atoms with Crippen molar-refractivity contribution in [3.05, 3.63) is 70.8 Å². The summed E-state index contributed by atoms with van der Waals surface area (Å²) in [7, 11) is 0. The highest BCUT2D eigenvalue weighted by Gasteiger charge is 2.17. The molecule has 2 aromatic rings. The molecule has 0 heterocycles. The molecular formula is C21H25NO3. The van der Waals surface area contributed by atoms with E-state index in [1.165, 1.54) is 0 Å². The van der Waals surface area contributed by atoms with Crippen LogP contribution in [0.4, 0.5) is 0 Å². The molecule has 0 atom stereocenters. The maximum atomic E-state index is 12.7. The Labute approximate surface area is 149 Å². The first-order chi connectivity index (χ1) is 12.0. The van der Waals surface area contributed by atoms with Crippen molar-refractivity contribution in [2.45, 2.75) is 33.3 Å². The van der Waals surface area contributed by atoms with Gasteiger partial charge in [-0.1, -0.05) is 48.0 Å². The predicted molar refractivity (Wildman–Crippen MR) is 99.1 cm³/mol. The maximum Gasteiger partial charge on any atom is 0.252 e. The molecule has 0 radical (unpaired) electrons. The average molecular weight is 339 g/mol. The van der Waals surface area contributed by atoms with E-state index in [-0.39, 0.29) is 17.8 Å². The number of benzene rings is 2. The van der Waals surface area contributed by atoms with E-state index in [1.807, 2.05) is 32.9 Å². The number of carbonyl (C=O) groups excluding carboxylic acids is 2. The molecule has 1 amide bonds. The number of amides is 1. The van der Waals surface area contributed by atoms with E-state index in [0.717, 1.165) is 12.0 Å². The van der Waals surface area contributed by atoms with Crippen LogP contribution >= 0.6 is 0 Å². The molecule has 0 saturated heterocycles. The number of hydrogen-bond acceptors (Lipinski definition) is 3. The maximum absolute atomic E-state index is 12.7. The molecule has 0 unspecified atom stereocenters. The third-order valence-corrected chi connectivity index (χ3v) is 3.79. The zero-order chi connectivity index (χ0) is 18.2. The van der Waals surface area contributed by atoms with Gasteiger partial charge >= 0.3 is 0 Å². The summed E-state index contributed by atoms with van der Waals surface area (Å²) in [6, 6.07) is 14.3. The van der Waals surface area contributed by atoms with Crippen LogP contribution in [0.2, 0.25) is 0 Å². The molecule has 0 bridgehead atoms. The monoisotopic (exact) mass is 339 g/mol. The lowest BCUT2D eigenvalue weighted by Crippen LogP contribution is -2.27. The Morgan fingerprint density at radius 1 is 1.00 bits per heavy atom. The molecule has 0 aliphatic carbocycles. The van der Waals surface area contributed by atoms with E-state index in [1.54, 1.807) is 36.4 Å². The number of rotatable bonds is 8. The largest absolute Gasteiger partial charge is 0.379 e. The van der Waals surface area contributed by atoms with Crippen molar-refractivity contribution in [3.63, 3.8) is 0 Å². The Hall–Kier alpha value is -2.46. The SMILES string of the molecule is Cc1ccc(C(=O)c2ccccc2C(=O)NCCCOC(C)C)cc1. The minimum absolute atomic E-state index is 0.145. The Morgan fingerprint density at radius 3 is 2.28 bits per heavy atom. The van der Waals surface area contributed by atoms with Crippen molar-refractivity contribution in [2.24, 2.45) is 0 Å². The first-order valence-electron chi connectivity index (χ1n) is 8.59. The van der Waals surface area contributed by atoms with Crippen molar-refractivity contribution in [3.8, 4) is 0 Å². The summed E-state index contributed by atoms with van der Waals surface area (Å²) < 4.78 is 5.45. The van der Waals surface area contributed by atoms with Crippen LogP contribution in [-0.2, 0) is 4.74 Å². The van der Waals surface area contributed by atoms with Gasteiger partial charge in [0, 0.05) is 24.3 Å². The third kappa shape index (κ3) is 5.54. The van der Waals surface area contributed by atoms with Crippen LogP contribution in [0.3, 0.4) is 0 Å². The molecule has 1 N–H and O–H groups in total. The summed E-state index contributed by atoms with van der Waals surface area (Å²) in [5.41, 5.74) is 2.49. The van der Waals surface area contributed by atoms with E-state index >= 15 is 0 Å². The van der Waals surface area contributed by atoms with Gasteiger partial charge in [0.05, 0.1) is 11.7 Å². The molecule has 4 nitrogen and oxygen atoms in total. The molecule has 2 aromatic carbocycles. The van der Waals surface area contributed by atoms with E-state index in [0.29, 0.717) is 29.8 Å². The molecule has 2 rings (SSSR count). The second-order valence-electron chi connectivity index (χ2n) is 6.27. The molecule has 4 heteroatoms. The van der Waals surface area contributed by atoms with Gasteiger partial charge in [0.25, 0.3) is 5.91 Å². The van der Waals surface area contributed by atoms with Crippen molar-refractivity contribution in [1.29, 1.82) is 0 Å². The Bertz CT molecular complexity index is 720. The molecule has 0 saturated carbocycles. The standard InChI is InChI=1S/C21H25NO3/c1-15(2)25-14-6-13-22-21(24)19-8-5-4-7-18(19)20(23)17-11-9-16(3)10-12-17/h4-5,7-12,15H,6,13-14H2,1-3H3,(H,22,24). The third-order valence-electron chi connectivity index (χ3n) is 3.79. The van der Waals surface area contributed by atoms with Gasteiger partial charge in [0.15, 0.2) is 5.78 Å². The minimum atomic E-state index is -0.236. The fraction of sp³-hybridized carbons (Fsp3) is 0.333. The minimum Gasteiger partial charge on any atom is -0.379 e. The topological polar surface area (TPSA) is 55.4 Å². The van der Waals surface area contributed by atoms with Crippen molar-refractivity contribution in [2.75, 3.05) is 13.2 Å². The van der Waals surface area contributed by atoms with Crippen LogP contribution in [0.1, 0.15) is 52.1 Å². The molecule has 25 heavy (non-hydrogen) atoms. The molecule has 0 spiro atoms. The van der Waals surface area contributed by atoms with Gasteiger partial charge in [-0.25, -0.2) is 0 Å². The summed E-state index contributed by atoms with van der Waals surface area (Å²) >= 11 is 0. The van der Waals surface area contributed by atoms with Gasteiger partial charge in [-0.3, -0.25) is 9.59 Å². The van der Waals surface area contributed by atoms with Crippen LogP contribution in [0, 0.1) is 6.92 Å². The van der Waals surface area contributed by atoms with Crippen LogP contribution in [0.25, 0.3) is 0 Å². The number of hydrogen-bond donors (Lipinski definition) is 1. The Kier molecular flexibility index (Phi) is 6.90. The molecule has 0 aromatic heterocycles. The molecular weight excluding hydrogens is 314 g/mol. The molecule has 0 aliphatic rings. The van der Waals surface area contributed by atoms with E-state index < -0.39 is 0 Å². The number of aryl methyl sites for hydroxylation is 1. The lowest BCUT2D eigenvalue weighted by molar-refractivity contribution is 0.0756. The van der Waals surface area contributed by atoms with Gasteiger partial charge in [0.2, 0.25) is 0 Å². The highest BCUT2D eigenvalue weighted by atomic mass is 16.5. The normalized spacial score (nSPS) is 10.7. The Balaban J connectivity index is 2.05. The summed E-state index contributed by atoms with van der Waals surface area (Å²) in [5, 5.41) is 2.86. The zero-order valence-corrected chi connectivity index (χ0v) is 15.0. The first-order valence-corrected chi connectivity index (χ1v) is 8.59. The number of carbonyl (C=O) groups is 2. The summed E-state index contributed by atoms with van der Waals surface area (Å²) in [6.07, 6.45) is 0.918. The van der Waals surface area contributed by atoms with Gasteiger partial charge in [0.1, 0.15) is 0 Å². The van der Waals surface area contributed by atoms with Crippen LogP contribution in [0.15, 0.2) is 48.5 Å².